The molecule has 0 aliphatic carbocycles. The van der Waals surface area contributed by atoms with Gasteiger partial charge in [-0.2, -0.15) is 9.78 Å². The molecule has 1 aromatic carbocycles. The van der Waals surface area contributed by atoms with Crippen molar-refractivity contribution < 1.29 is 9.47 Å². The van der Waals surface area contributed by atoms with Crippen LogP contribution >= 0.6 is 0 Å². The summed E-state index contributed by atoms with van der Waals surface area (Å²) in [5.41, 5.74) is 7.08. The molecule has 21 heavy (non-hydrogen) atoms. The Morgan fingerprint density at radius 2 is 1.86 bits per heavy atom. The van der Waals surface area contributed by atoms with Crippen molar-refractivity contribution in [1.82, 2.24) is 4.68 Å². The van der Waals surface area contributed by atoms with Crippen LogP contribution in [0.2, 0.25) is 0 Å². The molecule has 0 saturated carbocycles. The molecular formula is C15H17N3O3. The van der Waals surface area contributed by atoms with Gasteiger partial charge >= 0.3 is 0 Å². The Kier molecular flexibility index (Phi) is 4.27. The monoisotopic (exact) mass is 287 g/mol. The second-order valence-corrected chi connectivity index (χ2v) is 4.47. The van der Waals surface area contributed by atoms with E-state index in [1.165, 1.54) is 12.3 Å². The number of rotatable bonds is 4. The number of anilines is 1. The van der Waals surface area contributed by atoms with Crippen molar-refractivity contribution in [3.05, 3.63) is 51.8 Å². The Hall–Kier alpha value is -2.76. The third-order valence-corrected chi connectivity index (χ3v) is 2.91. The molecule has 0 radical (unpaired) electrons. The van der Waals surface area contributed by atoms with Crippen LogP contribution in [0.1, 0.15) is 11.1 Å². The number of aryl methyl sites for hydroxylation is 1. The van der Waals surface area contributed by atoms with Gasteiger partial charge in [-0.25, -0.2) is 0 Å². The topological polar surface area (TPSA) is 78.8 Å². The number of nitrogens with zero attached hydrogens (tertiary/aromatic N) is 2. The van der Waals surface area contributed by atoms with Crippen LogP contribution in [0.15, 0.2) is 40.2 Å². The molecule has 0 bridgehead atoms. The third kappa shape index (κ3) is 3.22. The van der Waals surface area contributed by atoms with Gasteiger partial charge in [-0.1, -0.05) is 0 Å². The van der Waals surface area contributed by atoms with Gasteiger partial charge in [-0.15, -0.1) is 0 Å². The maximum atomic E-state index is 11.8. The van der Waals surface area contributed by atoms with Gasteiger partial charge in [0.25, 0.3) is 5.56 Å². The highest BCUT2D eigenvalue weighted by Crippen LogP contribution is 2.26. The summed E-state index contributed by atoms with van der Waals surface area (Å²) < 4.78 is 11.5. The van der Waals surface area contributed by atoms with Crippen LogP contribution in [0.5, 0.6) is 11.5 Å². The molecule has 0 saturated heterocycles. The van der Waals surface area contributed by atoms with E-state index in [1.54, 1.807) is 45.4 Å². The molecule has 1 aromatic heterocycles. The fourth-order valence-corrected chi connectivity index (χ4v) is 1.90. The summed E-state index contributed by atoms with van der Waals surface area (Å²) in [6.45, 7) is 1.81. The molecule has 6 heteroatoms. The molecule has 0 fully saturated rings. The number of nitrogen functional groups attached to an aromatic ring is 1. The van der Waals surface area contributed by atoms with Crippen molar-refractivity contribution in [3.8, 4) is 11.5 Å². The summed E-state index contributed by atoms with van der Waals surface area (Å²) in [5.74, 6) is 1.50. The molecule has 2 aromatic rings. The zero-order valence-electron chi connectivity index (χ0n) is 12.2. The van der Waals surface area contributed by atoms with Crippen molar-refractivity contribution in [1.29, 1.82) is 0 Å². The first-order valence-corrected chi connectivity index (χ1v) is 6.30. The van der Waals surface area contributed by atoms with Crippen LogP contribution < -0.4 is 20.8 Å². The molecule has 2 N–H and O–H groups in total. The molecule has 2 rings (SSSR count). The third-order valence-electron chi connectivity index (χ3n) is 2.91. The van der Waals surface area contributed by atoms with Crippen LogP contribution in [0, 0.1) is 6.92 Å². The van der Waals surface area contributed by atoms with Gasteiger partial charge in [0.1, 0.15) is 5.82 Å². The molecule has 0 unspecified atom stereocenters. The lowest BCUT2D eigenvalue weighted by atomic mass is 10.2. The van der Waals surface area contributed by atoms with Gasteiger partial charge in [-0.05, 0) is 42.3 Å². The van der Waals surface area contributed by atoms with Crippen molar-refractivity contribution in [2.24, 2.45) is 5.10 Å². The van der Waals surface area contributed by atoms with E-state index >= 15 is 0 Å². The maximum absolute atomic E-state index is 11.8. The average molecular weight is 287 g/mol. The number of benzene rings is 1. The van der Waals surface area contributed by atoms with Gasteiger partial charge in [0.2, 0.25) is 0 Å². The zero-order chi connectivity index (χ0) is 15.4. The highest BCUT2D eigenvalue weighted by atomic mass is 16.5. The van der Waals surface area contributed by atoms with E-state index < -0.39 is 0 Å². The number of ether oxygens (including phenoxy) is 2. The number of hydrogen-bond acceptors (Lipinski definition) is 5. The minimum Gasteiger partial charge on any atom is -0.493 e. The van der Waals surface area contributed by atoms with Gasteiger partial charge in [0.15, 0.2) is 11.5 Å². The van der Waals surface area contributed by atoms with Crippen LogP contribution in [-0.2, 0) is 0 Å². The Balaban J connectivity index is 2.36. The maximum Gasteiger partial charge on any atom is 0.273 e. The first kappa shape index (κ1) is 14.6. The molecular weight excluding hydrogens is 270 g/mol. The SMILES string of the molecule is COc1ccc(/C=N\n2c(N)cc(C)cc2=O)cc1OC. The predicted octanol–water partition coefficient (Wildman–Crippen LogP) is 1.64. The molecule has 0 atom stereocenters. The fourth-order valence-electron chi connectivity index (χ4n) is 1.90. The highest BCUT2D eigenvalue weighted by Gasteiger charge is 2.04. The van der Waals surface area contributed by atoms with Crippen LogP contribution in [0.3, 0.4) is 0 Å². The largest absolute Gasteiger partial charge is 0.493 e. The Morgan fingerprint density at radius 3 is 2.48 bits per heavy atom. The quantitative estimate of drug-likeness (QED) is 0.867. The molecule has 6 nitrogen and oxygen atoms in total. The molecule has 0 spiro atoms. The van der Waals surface area contributed by atoms with Gasteiger partial charge in [0.05, 0.1) is 20.4 Å². The second kappa shape index (κ2) is 6.13. The van der Waals surface area contributed by atoms with E-state index in [9.17, 15) is 4.79 Å². The Morgan fingerprint density at radius 1 is 1.14 bits per heavy atom. The zero-order valence-corrected chi connectivity index (χ0v) is 12.2. The van der Waals surface area contributed by atoms with E-state index in [2.05, 4.69) is 5.10 Å². The van der Waals surface area contributed by atoms with E-state index in [1.807, 2.05) is 0 Å². The van der Waals surface area contributed by atoms with E-state index in [0.717, 1.165) is 15.8 Å². The number of hydrogen-bond donors (Lipinski definition) is 1. The Bertz CT molecular complexity index is 735. The normalized spacial score (nSPS) is 10.8. The van der Waals surface area contributed by atoms with E-state index in [0.29, 0.717) is 11.5 Å². The van der Waals surface area contributed by atoms with E-state index in [4.69, 9.17) is 15.2 Å². The standard InChI is InChI=1S/C15H17N3O3/c1-10-6-14(16)18(15(19)7-10)17-9-11-4-5-12(20-2)13(8-11)21-3/h4-9H,16H2,1-3H3/b17-9-. The summed E-state index contributed by atoms with van der Waals surface area (Å²) in [7, 11) is 3.12. The van der Waals surface area contributed by atoms with Crippen molar-refractivity contribution >= 4 is 12.0 Å². The average Bonchev–Trinajstić information content (AvgIpc) is 2.45. The number of pyridine rings is 1. The smallest absolute Gasteiger partial charge is 0.273 e. The van der Waals surface area contributed by atoms with Crippen LogP contribution in [0.25, 0.3) is 0 Å². The van der Waals surface area contributed by atoms with Gasteiger partial charge in [0, 0.05) is 6.07 Å². The predicted molar refractivity (Wildman–Crippen MR) is 82.4 cm³/mol. The van der Waals surface area contributed by atoms with E-state index in [-0.39, 0.29) is 11.4 Å². The lowest BCUT2D eigenvalue weighted by Gasteiger charge is -2.08. The molecule has 0 aliphatic rings. The molecule has 110 valence electrons. The van der Waals surface area contributed by atoms with Crippen molar-refractivity contribution in [2.45, 2.75) is 6.92 Å². The number of methoxy groups -OCH3 is 2. The number of nitrogens with two attached hydrogens (primary N) is 1. The summed E-state index contributed by atoms with van der Waals surface area (Å²) in [6.07, 6.45) is 1.54. The van der Waals surface area contributed by atoms with Gasteiger partial charge < -0.3 is 15.2 Å². The highest BCUT2D eigenvalue weighted by molar-refractivity contribution is 5.81. The lowest BCUT2D eigenvalue weighted by molar-refractivity contribution is 0.355. The molecule has 0 aliphatic heterocycles. The Labute approximate surface area is 122 Å². The van der Waals surface area contributed by atoms with Gasteiger partial charge in [-0.3, -0.25) is 4.79 Å². The minimum absolute atomic E-state index is 0.274. The number of aromatic nitrogens is 1. The van der Waals surface area contributed by atoms with Crippen LogP contribution in [-0.4, -0.2) is 25.1 Å². The summed E-state index contributed by atoms with van der Waals surface area (Å²) in [6, 6.07) is 8.50. The van der Waals surface area contributed by atoms with Crippen molar-refractivity contribution in [2.75, 3.05) is 20.0 Å². The molecule has 1 heterocycles. The first-order chi connectivity index (χ1) is 10.0. The molecule has 0 amide bonds. The first-order valence-electron chi connectivity index (χ1n) is 6.30. The lowest BCUT2D eigenvalue weighted by Crippen LogP contribution is -2.19. The minimum atomic E-state index is -0.274. The summed E-state index contributed by atoms with van der Waals surface area (Å²) >= 11 is 0. The van der Waals surface area contributed by atoms with Crippen molar-refractivity contribution in [3.63, 3.8) is 0 Å². The summed E-state index contributed by atoms with van der Waals surface area (Å²) in [4.78, 5) is 11.8. The van der Waals surface area contributed by atoms with Crippen LogP contribution in [0.4, 0.5) is 5.82 Å². The fraction of sp³-hybridized carbons (Fsp3) is 0.200. The summed E-state index contributed by atoms with van der Waals surface area (Å²) in [5, 5.41) is 4.11. The second-order valence-electron chi connectivity index (χ2n) is 4.47.